The van der Waals surface area contributed by atoms with Gasteiger partial charge in [0.1, 0.15) is 5.84 Å². The van der Waals surface area contributed by atoms with E-state index in [1.807, 2.05) is 9.80 Å². The zero-order valence-electron chi connectivity index (χ0n) is 27.9. The lowest BCUT2D eigenvalue weighted by Crippen LogP contribution is -2.59. The van der Waals surface area contributed by atoms with Gasteiger partial charge in [-0.15, -0.1) is 0 Å². The van der Waals surface area contributed by atoms with Gasteiger partial charge in [-0.25, -0.2) is 8.78 Å². The first kappa shape index (κ1) is 34.9. The first-order valence-corrected chi connectivity index (χ1v) is 17.4. The molecule has 4 aliphatic heterocycles. The Kier molecular flexibility index (Phi) is 12.0. The molecule has 4 aliphatic rings. The lowest BCUT2D eigenvalue weighted by Gasteiger charge is -2.45. The number of amides is 2. The number of halogens is 2. The molecule has 3 fully saturated rings. The number of carbonyl (C=O) groups is 2. The van der Waals surface area contributed by atoms with Crippen molar-refractivity contribution in [2.24, 2.45) is 11.8 Å². The van der Waals surface area contributed by atoms with Crippen LogP contribution in [0.1, 0.15) is 81.4 Å². The molecule has 47 heavy (non-hydrogen) atoms. The number of hydrogen-bond donors (Lipinski definition) is 5. The number of likely N-dealkylation sites (tertiary alicyclic amines) is 2. The Morgan fingerprint density at radius 2 is 1.79 bits per heavy atom. The summed E-state index contributed by atoms with van der Waals surface area (Å²) < 4.78 is 28.8. The molecule has 0 bridgehead atoms. The number of aryl methyl sites for hydroxylation is 1. The SMILES string of the molecule is CN/C=C(\C=N)c1cc2c(cc1C(F)F)N(C(=N)C1CN(C(C)=O)CCC1NC1CCN(C(=O)CCC3CCNCC3)CC1)CCC2. The third-order valence-electron chi connectivity index (χ3n) is 10.6. The standard InChI is InChI=1S/C35H52F2N8O2/c1-23(46)44-17-11-31(42-27-9-15-43(16-10-27)33(47)6-5-24-7-12-41-13-8-24)30(22-44)35(39)45-14-3-4-25-18-28(26(20-38)21-40-2)29(34(36)37)19-32(25)45/h18-21,24,27,30-31,34,38-42H,3-17,22H2,1-2H3/b26-21+,38-20?,39-35?. The molecule has 5 N–H and O–H groups in total. The summed E-state index contributed by atoms with van der Waals surface area (Å²) in [5.74, 6) is 0.889. The Hall–Kier alpha value is -3.38. The number of anilines is 1. The molecule has 1 aromatic rings. The summed E-state index contributed by atoms with van der Waals surface area (Å²) in [6.45, 7) is 6.62. The average molecular weight is 655 g/mol. The number of alkyl halides is 2. The largest absolute Gasteiger partial charge is 0.393 e. The van der Waals surface area contributed by atoms with Gasteiger partial charge in [-0.3, -0.25) is 15.0 Å². The molecule has 2 atom stereocenters. The molecule has 2 amide bonds. The second kappa shape index (κ2) is 16.1. The monoisotopic (exact) mass is 654 g/mol. The normalized spacial score (nSPS) is 23.1. The summed E-state index contributed by atoms with van der Waals surface area (Å²) in [4.78, 5) is 31.1. The van der Waals surface area contributed by atoms with Gasteiger partial charge in [0.05, 0.1) is 0 Å². The number of nitrogens with zero attached hydrogens (tertiary/aromatic N) is 3. The van der Waals surface area contributed by atoms with Crippen molar-refractivity contribution in [3.8, 4) is 0 Å². The van der Waals surface area contributed by atoms with E-state index in [2.05, 4.69) is 16.0 Å². The van der Waals surface area contributed by atoms with Crippen LogP contribution in [-0.4, -0.2) is 98.6 Å². The van der Waals surface area contributed by atoms with Crippen LogP contribution in [-0.2, 0) is 16.0 Å². The number of fused-ring (bicyclic) bond motifs is 1. The molecular formula is C35H52F2N8O2. The number of hydrogen-bond acceptors (Lipinski definition) is 7. The van der Waals surface area contributed by atoms with Crippen molar-refractivity contribution in [1.29, 1.82) is 10.8 Å². The molecule has 12 heteroatoms. The quantitative estimate of drug-likeness (QED) is 0.191. The topological polar surface area (TPSA) is 128 Å². The smallest absolute Gasteiger partial charge is 0.264 e. The van der Waals surface area contributed by atoms with Gasteiger partial charge in [0.2, 0.25) is 11.8 Å². The minimum Gasteiger partial charge on any atom is -0.393 e. The molecule has 0 saturated carbocycles. The van der Waals surface area contributed by atoms with Crippen LogP contribution in [0.5, 0.6) is 0 Å². The van der Waals surface area contributed by atoms with Crippen molar-refractivity contribution in [2.75, 3.05) is 57.8 Å². The van der Waals surface area contributed by atoms with Crippen LogP contribution in [0.3, 0.4) is 0 Å². The van der Waals surface area contributed by atoms with Crippen molar-refractivity contribution in [3.63, 3.8) is 0 Å². The number of nitrogens with one attached hydrogen (secondary N) is 5. The Bertz CT molecular complexity index is 1320. The van der Waals surface area contributed by atoms with Crippen LogP contribution in [0.15, 0.2) is 18.3 Å². The molecule has 2 unspecified atom stereocenters. The molecular weight excluding hydrogens is 602 g/mol. The van der Waals surface area contributed by atoms with Crippen molar-refractivity contribution in [1.82, 2.24) is 25.8 Å². The Morgan fingerprint density at radius 3 is 2.45 bits per heavy atom. The number of rotatable bonds is 10. The Morgan fingerprint density at radius 1 is 1.06 bits per heavy atom. The highest BCUT2D eigenvalue weighted by Gasteiger charge is 2.38. The highest BCUT2D eigenvalue weighted by molar-refractivity contribution is 6.09. The predicted octanol–water partition coefficient (Wildman–Crippen LogP) is 4.16. The molecule has 10 nitrogen and oxygen atoms in total. The summed E-state index contributed by atoms with van der Waals surface area (Å²) >= 11 is 0. The number of amidine groups is 1. The van der Waals surface area contributed by atoms with E-state index in [4.69, 9.17) is 5.41 Å². The van der Waals surface area contributed by atoms with Gasteiger partial charge < -0.3 is 36.1 Å². The third kappa shape index (κ3) is 8.38. The van der Waals surface area contributed by atoms with E-state index in [1.54, 1.807) is 31.1 Å². The van der Waals surface area contributed by atoms with Gasteiger partial charge >= 0.3 is 0 Å². The van der Waals surface area contributed by atoms with E-state index < -0.39 is 6.43 Å². The molecule has 5 rings (SSSR count). The van der Waals surface area contributed by atoms with Gasteiger partial charge in [0, 0.05) is 100 Å². The highest BCUT2D eigenvalue weighted by Crippen LogP contribution is 2.38. The molecule has 0 spiro atoms. The van der Waals surface area contributed by atoms with Crippen molar-refractivity contribution in [3.05, 3.63) is 35.0 Å². The molecule has 0 aliphatic carbocycles. The van der Waals surface area contributed by atoms with Crippen LogP contribution in [0, 0.1) is 22.7 Å². The zero-order chi connectivity index (χ0) is 33.5. The van der Waals surface area contributed by atoms with E-state index in [0.717, 1.165) is 76.5 Å². The predicted molar refractivity (Wildman–Crippen MR) is 182 cm³/mol. The molecule has 3 saturated heterocycles. The van der Waals surface area contributed by atoms with Crippen LogP contribution in [0.25, 0.3) is 5.57 Å². The average Bonchev–Trinajstić information content (AvgIpc) is 3.09. The summed E-state index contributed by atoms with van der Waals surface area (Å²) in [7, 11) is 1.67. The van der Waals surface area contributed by atoms with Crippen molar-refractivity contribution < 1.29 is 18.4 Å². The second-order valence-corrected chi connectivity index (χ2v) is 13.6. The fourth-order valence-electron chi connectivity index (χ4n) is 7.85. The van der Waals surface area contributed by atoms with Gasteiger partial charge in [0.15, 0.2) is 0 Å². The maximum atomic E-state index is 14.4. The third-order valence-corrected chi connectivity index (χ3v) is 10.6. The molecule has 4 heterocycles. The fourth-order valence-corrected chi connectivity index (χ4v) is 7.85. The van der Waals surface area contributed by atoms with Crippen LogP contribution in [0.4, 0.5) is 14.5 Å². The minimum absolute atomic E-state index is 0.0308. The maximum absolute atomic E-state index is 14.4. The van der Waals surface area contributed by atoms with Crippen LogP contribution < -0.4 is 20.9 Å². The summed E-state index contributed by atoms with van der Waals surface area (Å²) in [5.41, 5.74) is 2.04. The number of piperidine rings is 3. The molecule has 258 valence electrons. The van der Waals surface area contributed by atoms with Gasteiger partial charge in [-0.1, -0.05) is 0 Å². The Balaban J connectivity index is 1.28. The number of allylic oxidation sites excluding steroid dienone is 1. The molecule has 0 aromatic heterocycles. The number of carbonyl (C=O) groups excluding carboxylic acids is 2. The van der Waals surface area contributed by atoms with Crippen molar-refractivity contribution in [2.45, 2.75) is 83.2 Å². The fraction of sp³-hybridized carbons (Fsp3) is 0.657. The minimum atomic E-state index is -2.74. The number of benzene rings is 1. The molecule has 1 aromatic carbocycles. The molecule has 0 radical (unpaired) electrons. The first-order valence-electron chi connectivity index (χ1n) is 17.4. The van der Waals surface area contributed by atoms with Crippen molar-refractivity contribution >= 4 is 35.1 Å². The zero-order valence-corrected chi connectivity index (χ0v) is 27.9. The Labute approximate surface area is 277 Å². The summed E-state index contributed by atoms with van der Waals surface area (Å²) in [6, 6.07) is 3.41. The van der Waals surface area contributed by atoms with E-state index in [1.165, 1.54) is 6.07 Å². The second-order valence-electron chi connectivity index (χ2n) is 13.6. The first-order chi connectivity index (χ1) is 22.7. The van der Waals surface area contributed by atoms with E-state index in [-0.39, 0.29) is 35.4 Å². The van der Waals surface area contributed by atoms with Gasteiger partial charge in [-0.2, -0.15) is 0 Å². The lowest BCUT2D eigenvalue weighted by atomic mass is 9.86. The lowest BCUT2D eigenvalue weighted by molar-refractivity contribution is -0.132. The van der Waals surface area contributed by atoms with E-state index in [0.29, 0.717) is 67.5 Å². The van der Waals surface area contributed by atoms with Crippen LogP contribution in [0.2, 0.25) is 0 Å². The van der Waals surface area contributed by atoms with E-state index in [9.17, 15) is 23.8 Å². The van der Waals surface area contributed by atoms with Gasteiger partial charge in [-0.05, 0) is 93.6 Å². The van der Waals surface area contributed by atoms with Crippen LogP contribution >= 0.6 is 0 Å². The summed E-state index contributed by atoms with van der Waals surface area (Å²) in [6.07, 6.45) is 7.61. The van der Waals surface area contributed by atoms with Gasteiger partial charge in [0.25, 0.3) is 6.43 Å². The maximum Gasteiger partial charge on any atom is 0.264 e. The summed E-state index contributed by atoms with van der Waals surface area (Å²) in [5, 5.41) is 27.3. The van der Waals surface area contributed by atoms with E-state index >= 15 is 0 Å². The highest BCUT2D eigenvalue weighted by atomic mass is 19.3.